The number of nitrogens with one attached hydrogen (secondary N) is 2. The molecule has 0 spiro atoms. The van der Waals surface area contributed by atoms with Gasteiger partial charge in [-0.3, -0.25) is 9.59 Å². The summed E-state index contributed by atoms with van der Waals surface area (Å²) in [5.41, 5.74) is 0.748. The van der Waals surface area contributed by atoms with Crippen LogP contribution in [0.3, 0.4) is 0 Å². The molecule has 0 fully saturated rings. The Morgan fingerprint density at radius 3 is 2.23 bits per heavy atom. The SMILES string of the molecule is CNCCC(=O)Nc1cc(OC)c(OC)cc1C(=O)N(C)C. The number of carbonyl (C=O) groups excluding carboxylic acids is 2. The lowest BCUT2D eigenvalue weighted by Crippen LogP contribution is -2.25. The van der Waals surface area contributed by atoms with Crippen LogP contribution < -0.4 is 20.1 Å². The molecule has 7 nitrogen and oxygen atoms in total. The summed E-state index contributed by atoms with van der Waals surface area (Å²) in [6, 6.07) is 3.15. The highest BCUT2D eigenvalue weighted by molar-refractivity contribution is 6.04. The molecule has 2 N–H and O–H groups in total. The molecule has 122 valence electrons. The molecule has 0 bridgehead atoms. The number of rotatable bonds is 7. The van der Waals surface area contributed by atoms with Gasteiger partial charge in [-0.05, 0) is 13.1 Å². The number of amides is 2. The van der Waals surface area contributed by atoms with E-state index in [4.69, 9.17) is 9.47 Å². The van der Waals surface area contributed by atoms with Crippen LogP contribution in [0.15, 0.2) is 12.1 Å². The third-order valence-corrected chi connectivity index (χ3v) is 3.04. The van der Waals surface area contributed by atoms with Crippen LogP contribution in [0.5, 0.6) is 11.5 Å². The smallest absolute Gasteiger partial charge is 0.255 e. The average Bonchev–Trinajstić information content (AvgIpc) is 2.51. The second kappa shape index (κ2) is 8.23. The predicted molar refractivity (Wildman–Crippen MR) is 84.7 cm³/mol. The van der Waals surface area contributed by atoms with Crippen molar-refractivity contribution in [3.8, 4) is 11.5 Å². The van der Waals surface area contributed by atoms with Crippen LogP contribution in [0, 0.1) is 0 Å². The average molecular weight is 309 g/mol. The summed E-state index contributed by atoms with van der Waals surface area (Å²) < 4.78 is 10.4. The van der Waals surface area contributed by atoms with Crippen molar-refractivity contribution in [2.75, 3.05) is 47.2 Å². The fourth-order valence-electron chi connectivity index (χ4n) is 1.85. The minimum atomic E-state index is -0.232. The monoisotopic (exact) mass is 309 g/mol. The fraction of sp³-hybridized carbons (Fsp3) is 0.467. The Kier molecular flexibility index (Phi) is 6.65. The van der Waals surface area contributed by atoms with Gasteiger partial charge in [-0.2, -0.15) is 0 Å². The van der Waals surface area contributed by atoms with Crippen molar-refractivity contribution in [1.29, 1.82) is 0 Å². The van der Waals surface area contributed by atoms with E-state index in [9.17, 15) is 9.59 Å². The van der Waals surface area contributed by atoms with Gasteiger partial charge in [0.2, 0.25) is 5.91 Å². The number of ether oxygens (including phenoxy) is 2. The van der Waals surface area contributed by atoms with Gasteiger partial charge in [0.1, 0.15) is 0 Å². The van der Waals surface area contributed by atoms with Crippen LogP contribution in [-0.4, -0.2) is 58.6 Å². The van der Waals surface area contributed by atoms with Crippen molar-refractivity contribution in [3.05, 3.63) is 17.7 Å². The Bertz CT molecular complexity index is 544. The van der Waals surface area contributed by atoms with Gasteiger partial charge >= 0.3 is 0 Å². The Labute approximate surface area is 130 Å². The molecule has 1 aromatic rings. The summed E-state index contributed by atoms with van der Waals surface area (Å²) in [5.74, 6) is 0.460. The quantitative estimate of drug-likeness (QED) is 0.784. The van der Waals surface area contributed by atoms with E-state index < -0.39 is 0 Å². The second-order valence-electron chi connectivity index (χ2n) is 4.85. The van der Waals surface area contributed by atoms with Crippen LogP contribution in [-0.2, 0) is 4.79 Å². The van der Waals surface area contributed by atoms with Gasteiger partial charge < -0.3 is 25.0 Å². The molecule has 0 aromatic heterocycles. The Balaban J connectivity index is 3.21. The van der Waals surface area contributed by atoms with Crippen molar-refractivity contribution in [3.63, 3.8) is 0 Å². The van der Waals surface area contributed by atoms with Crippen LogP contribution in [0.2, 0.25) is 0 Å². The number of hydrogen-bond acceptors (Lipinski definition) is 5. The highest BCUT2D eigenvalue weighted by Gasteiger charge is 2.19. The first-order valence-electron chi connectivity index (χ1n) is 6.86. The van der Waals surface area contributed by atoms with Crippen LogP contribution in [0.1, 0.15) is 16.8 Å². The summed E-state index contributed by atoms with van der Waals surface area (Å²) in [4.78, 5) is 25.7. The summed E-state index contributed by atoms with van der Waals surface area (Å²) >= 11 is 0. The Morgan fingerprint density at radius 2 is 1.73 bits per heavy atom. The molecule has 22 heavy (non-hydrogen) atoms. The van der Waals surface area contributed by atoms with E-state index in [1.54, 1.807) is 33.3 Å². The van der Waals surface area contributed by atoms with Gasteiger partial charge in [0, 0.05) is 33.1 Å². The maximum Gasteiger partial charge on any atom is 0.255 e. The number of carbonyl (C=O) groups is 2. The molecule has 1 rings (SSSR count). The molecule has 0 aliphatic carbocycles. The van der Waals surface area contributed by atoms with Crippen LogP contribution in [0.25, 0.3) is 0 Å². The van der Waals surface area contributed by atoms with E-state index in [1.807, 2.05) is 0 Å². The molecule has 0 atom stereocenters. The van der Waals surface area contributed by atoms with Crippen molar-refractivity contribution < 1.29 is 19.1 Å². The number of hydrogen-bond donors (Lipinski definition) is 2. The van der Waals surface area contributed by atoms with E-state index in [0.717, 1.165) is 0 Å². The van der Waals surface area contributed by atoms with E-state index in [2.05, 4.69) is 10.6 Å². The summed E-state index contributed by atoms with van der Waals surface area (Å²) in [7, 11) is 8.05. The van der Waals surface area contributed by atoms with E-state index in [-0.39, 0.29) is 11.8 Å². The van der Waals surface area contributed by atoms with Gasteiger partial charge in [-0.25, -0.2) is 0 Å². The summed E-state index contributed by atoms with van der Waals surface area (Å²) in [5, 5.41) is 5.65. The molecular weight excluding hydrogens is 286 g/mol. The molecule has 0 unspecified atom stereocenters. The van der Waals surface area contributed by atoms with Gasteiger partial charge in [0.05, 0.1) is 25.5 Å². The molecule has 0 saturated heterocycles. The van der Waals surface area contributed by atoms with Gasteiger partial charge in [-0.1, -0.05) is 0 Å². The molecule has 0 radical (unpaired) electrons. The number of methoxy groups -OCH3 is 2. The predicted octanol–water partition coefficient (Wildman–Crippen LogP) is 0.954. The highest BCUT2D eigenvalue weighted by atomic mass is 16.5. The number of anilines is 1. The van der Waals surface area contributed by atoms with E-state index >= 15 is 0 Å². The Morgan fingerprint density at radius 1 is 1.14 bits per heavy atom. The summed E-state index contributed by atoms with van der Waals surface area (Å²) in [6.45, 7) is 0.552. The largest absolute Gasteiger partial charge is 0.493 e. The van der Waals surface area contributed by atoms with Crippen molar-refractivity contribution >= 4 is 17.5 Å². The van der Waals surface area contributed by atoms with Crippen LogP contribution in [0.4, 0.5) is 5.69 Å². The minimum Gasteiger partial charge on any atom is -0.493 e. The molecule has 0 aliphatic heterocycles. The lowest BCUT2D eigenvalue weighted by molar-refractivity contribution is -0.116. The van der Waals surface area contributed by atoms with Gasteiger partial charge in [0.25, 0.3) is 5.91 Å². The highest BCUT2D eigenvalue weighted by Crippen LogP contribution is 2.33. The molecule has 7 heteroatoms. The first-order valence-corrected chi connectivity index (χ1v) is 6.86. The number of nitrogens with zero attached hydrogens (tertiary/aromatic N) is 1. The molecule has 0 heterocycles. The normalized spacial score (nSPS) is 10.0. The zero-order valence-corrected chi connectivity index (χ0v) is 13.6. The topological polar surface area (TPSA) is 79.9 Å². The minimum absolute atomic E-state index is 0.186. The maximum absolute atomic E-state index is 12.3. The standard InChI is InChI=1S/C15H23N3O4/c1-16-7-6-14(19)17-11-9-13(22-5)12(21-4)8-10(11)15(20)18(2)3/h8-9,16H,6-7H2,1-5H3,(H,17,19). The van der Waals surface area contributed by atoms with E-state index in [0.29, 0.717) is 35.7 Å². The second-order valence-corrected chi connectivity index (χ2v) is 4.85. The lowest BCUT2D eigenvalue weighted by Gasteiger charge is -2.18. The first kappa shape index (κ1) is 17.8. The zero-order valence-electron chi connectivity index (χ0n) is 13.6. The molecule has 2 amide bonds. The molecular formula is C15H23N3O4. The van der Waals surface area contributed by atoms with Crippen molar-refractivity contribution in [2.24, 2.45) is 0 Å². The van der Waals surface area contributed by atoms with Crippen molar-refractivity contribution in [2.45, 2.75) is 6.42 Å². The maximum atomic E-state index is 12.3. The Hall–Kier alpha value is -2.28. The lowest BCUT2D eigenvalue weighted by atomic mass is 10.1. The molecule has 1 aromatic carbocycles. The summed E-state index contributed by atoms with van der Waals surface area (Å²) in [6.07, 6.45) is 0.306. The fourth-order valence-corrected chi connectivity index (χ4v) is 1.85. The van der Waals surface area contributed by atoms with Gasteiger partial charge in [-0.15, -0.1) is 0 Å². The van der Waals surface area contributed by atoms with Gasteiger partial charge in [0.15, 0.2) is 11.5 Å². The number of benzene rings is 1. The third-order valence-electron chi connectivity index (χ3n) is 3.04. The van der Waals surface area contributed by atoms with Crippen molar-refractivity contribution in [1.82, 2.24) is 10.2 Å². The third kappa shape index (κ3) is 4.36. The molecule has 0 saturated carbocycles. The first-order chi connectivity index (χ1) is 10.4. The zero-order chi connectivity index (χ0) is 16.7. The van der Waals surface area contributed by atoms with Crippen LogP contribution >= 0.6 is 0 Å². The molecule has 0 aliphatic rings. The van der Waals surface area contributed by atoms with E-state index in [1.165, 1.54) is 19.1 Å².